The van der Waals surface area contributed by atoms with Crippen molar-refractivity contribution in [2.45, 2.75) is 6.92 Å². The molecule has 1 heterocycles. The number of carbonyl (C=O) groups excluding carboxylic acids is 1. The smallest absolute Gasteiger partial charge is 0.342 e. The molecule has 3 aromatic rings. The number of esters is 1. The second-order valence-corrected chi connectivity index (χ2v) is 5.70. The summed E-state index contributed by atoms with van der Waals surface area (Å²) in [5.41, 5.74) is 3.98. The Morgan fingerprint density at radius 3 is 2.37 bits per heavy atom. The lowest BCUT2D eigenvalue weighted by atomic mass is 10.0. The van der Waals surface area contributed by atoms with Crippen molar-refractivity contribution in [3.05, 3.63) is 77.1 Å². The summed E-state index contributed by atoms with van der Waals surface area (Å²) in [7, 11) is 2.89. The van der Waals surface area contributed by atoms with Crippen molar-refractivity contribution in [1.29, 1.82) is 0 Å². The number of methoxy groups -OCH3 is 2. The fourth-order valence-corrected chi connectivity index (χ4v) is 2.71. The van der Waals surface area contributed by atoms with E-state index in [2.05, 4.69) is 5.10 Å². The van der Waals surface area contributed by atoms with Crippen molar-refractivity contribution < 1.29 is 14.3 Å². The van der Waals surface area contributed by atoms with E-state index in [-0.39, 0.29) is 12.4 Å². The van der Waals surface area contributed by atoms with Crippen LogP contribution in [0.15, 0.2) is 54.7 Å². The number of halogens is 1. The van der Waals surface area contributed by atoms with Gasteiger partial charge in [0.05, 0.1) is 25.6 Å². The summed E-state index contributed by atoms with van der Waals surface area (Å²) in [4.78, 5) is 12.1. The summed E-state index contributed by atoms with van der Waals surface area (Å²) < 4.78 is 12.0. The fourth-order valence-electron chi connectivity index (χ4n) is 2.71. The second kappa shape index (κ2) is 9.05. The highest BCUT2D eigenvalue weighted by molar-refractivity contribution is 5.97. The summed E-state index contributed by atoms with van der Waals surface area (Å²) in [5.74, 6) is 0.0505. The van der Waals surface area contributed by atoms with Gasteiger partial charge in [0.25, 0.3) is 0 Å². The molecule has 0 atom stereocenters. The van der Waals surface area contributed by atoms with Crippen LogP contribution in [0.3, 0.4) is 0 Å². The first kappa shape index (κ1) is 20.3. The van der Waals surface area contributed by atoms with E-state index in [0.29, 0.717) is 11.3 Å². The molecule has 1 aromatic heterocycles. The highest BCUT2D eigenvalue weighted by atomic mass is 35.5. The molecule has 5 nitrogen and oxygen atoms in total. The van der Waals surface area contributed by atoms with Crippen molar-refractivity contribution in [3.8, 4) is 11.4 Å². The number of hydrogen-bond acceptors (Lipinski definition) is 4. The largest absolute Gasteiger partial charge is 0.496 e. The Morgan fingerprint density at radius 1 is 1.00 bits per heavy atom. The Balaban J connectivity index is 0.00000261. The van der Waals surface area contributed by atoms with Crippen molar-refractivity contribution in [2.24, 2.45) is 0 Å². The van der Waals surface area contributed by atoms with Gasteiger partial charge in [0.2, 0.25) is 0 Å². The Labute approximate surface area is 164 Å². The average Bonchev–Trinajstić information content (AvgIpc) is 3.06. The summed E-state index contributed by atoms with van der Waals surface area (Å²) in [6.45, 7) is 1.95. The lowest BCUT2D eigenvalue weighted by Crippen LogP contribution is -2.06. The molecule has 0 saturated heterocycles. The molecule has 0 N–H and O–H groups in total. The molecule has 6 heteroatoms. The quantitative estimate of drug-likeness (QED) is 0.605. The van der Waals surface area contributed by atoms with Gasteiger partial charge in [-0.3, -0.25) is 0 Å². The van der Waals surface area contributed by atoms with Gasteiger partial charge in [-0.05, 0) is 30.7 Å². The van der Waals surface area contributed by atoms with E-state index >= 15 is 0 Å². The van der Waals surface area contributed by atoms with Crippen LogP contribution in [-0.4, -0.2) is 30.0 Å². The van der Waals surface area contributed by atoms with Gasteiger partial charge >= 0.3 is 5.97 Å². The zero-order valence-electron chi connectivity index (χ0n) is 15.4. The van der Waals surface area contributed by atoms with Crippen molar-refractivity contribution in [2.75, 3.05) is 14.2 Å². The number of hydrogen-bond donors (Lipinski definition) is 0. The standard InChI is InChI=1S/C21H20N2O3.ClH/c1-15-17(14-23(22-15)18-9-5-4-6-10-18)13-12-16-8-7-11-19(25-2)20(16)21(24)26-3;/h4-14H,1-3H3;1H/b13-12+;. The van der Waals surface area contributed by atoms with Crippen LogP contribution >= 0.6 is 12.4 Å². The van der Waals surface area contributed by atoms with Crippen LogP contribution in [0.1, 0.15) is 27.2 Å². The molecule has 0 fully saturated rings. The van der Waals surface area contributed by atoms with E-state index in [1.807, 2.05) is 72.4 Å². The number of ether oxygens (including phenoxy) is 2. The molecule has 0 unspecified atom stereocenters. The molecular formula is C21H21ClN2O3. The molecule has 0 saturated carbocycles. The fraction of sp³-hybridized carbons (Fsp3) is 0.143. The minimum atomic E-state index is -0.432. The number of rotatable bonds is 5. The van der Waals surface area contributed by atoms with Crippen molar-refractivity contribution in [3.63, 3.8) is 0 Å². The predicted octanol–water partition coefficient (Wildman–Crippen LogP) is 4.57. The van der Waals surface area contributed by atoms with Crippen LogP contribution in [0.2, 0.25) is 0 Å². The summed E-state index contributed by atoms with van der Waals surface area (Å²) in [6, 6.07) is 15.3. The Morgan fingerprint density at radius 2 is 1.70 bits per heavy atom. The lowest BCUT2D eigenvalue weighted by Gasteiger charge is -2.09. The van der Waals surface area contributed by atoms with Gasteiger partial charge < -0.3 is 9.47 Å². The lowest BCUT2D eigenvalue weighted by molar-refractivity contribution is 0.0597. The monoisotopic (exact) mass is 384 g/mol. The van der Waals surface area contributed by atoms with Gasteiger partial charge in [0, 0.05) is 11.8 Å². The molecule has 0 aliphatic heterocycles. The minimum absolute atomic E-state index is 0. The molecule has 0 amide bonds. The zero-order valence-corrected chi connectivity index (χ0v) is 16.2. The molecule has 27 heavy (non-hydrogen) atoms. The topological polar surface area (TPSA) is 53.4 Å². The SMILES string of the molecule is COC(=O)c1c(/C=C/c2cn(-c3ccccc3)nc2C)cccc1OC.Cl. The van der Waals surface area contributed by atoms with E-state index in [9.17, 15) is 4.79 Å². The van der Waals surface area contributed by atoms with Crippen molar-refractivity contribution >= 4 is 30.5 Å². The van der Waals surface area contributed by atoms with Crippen LogP contribution in [0, 0.1) is 6.92 Å². The maximum absolute atomic E-state index is 12.1. The summed E-state index contributed by atoms with van der Waals surface area (Å²) in [5, 5.41) is 4.55. The molecule has 0 aliphatic carbocycles. The summed E-state index contributed by atoms with van der Waals surface area (Å²) >= 11 is 0. The molecule has 140 valence electrons. The van der Waals surface area contributed by atoms with Gasteiger partial charge in [0.1, 0.15) is 11.3 Å². The van der Waals surface area contributed by atoms with Gasteiger partial charge in [-0.25, -0.2) is 9.48 Å². The zero-order chi connectivity index (χ0) is 18.5. The molecule has 3 rings (SSSR count). The van der Waals surface area contributed by atoms with Gasteiger partial charge in [-0.15, -0.1) is 12.4 Å². The molecule has 0 bridgehead atoms. The van der Waals surface area contributed by atoms with Crippen LogP contribution < -0.4 is 4.74 Å². The highest BCUT2D eigenvalue weighted by Gasteiger charge is 2.16. The number of aromatic nitrogens is 2. The Hall–Kier alpha value is -3.05. The second-order valence-electron chi connectivity index (χ2n) is 5.70. The van der Waals surface area contributed by atoms with E-state index in [1.165, 1.54) is 14.2 Å². The third-order valence-electron chi connectivity index (χ3n) is 4.07. The van der Waals surface area contributed by atoms with E-state index in [4.69, 9.17) is 9.47 Å². The van der Waals surface area contributed by atoms with Gasteiger partial charge in [0.15, 0.2) is 0 Å². The molecule has 2 aromatic carbocycles. The molecular weight excluding hydrogens is 364 g/mol. The third kappa shape index (κ3) is 4.38. The first-order chi connectivity index (χ1) is 12.6. The third-order valence-corrected chi connectivity index (χ3v) is 4.07. The van der Waals surface area contributed by atoms with Crippen LogP contribution in [0.25, 0.3) is 17.8 Å². The maximum Gasteiger partial charge on any atom is 0.342 e. The maximum atomic E-state index is 12.1. The van der Waals surface area contributed by atoms with E-state index in [0.717, 1.165) is 22.5 Å². The number of benzene rings is 2. The van der Waals surface area contributed by atoms with Gasteiger partial charge in [-0.2, -0.15) is 5.10 Å². The van der Waals surface area contributed by atoms with Crippen LogP contribution in [0.5, 0.6) is 5.75 Å². The summed E-state index contributed by atoms with van der Waals surface area (Å²) in [6.07, 6.45) is 5.76. The van der Waals surface area contributed by atoms with Crippen molar-refractivity contribution in [1.82, 2.24) is 9.78 Å². The van der Waals surface area contributed by atoms with Gasteiger partial charge in [-0.1, -0.05) is 42.5 Å². The van der Waals surface area contributed by atoms with E-state index < -0.39 is 5.97 Å². The molecule has 0 aliphatic rings. The average molecular weight is 385 g/mol. The number of aryl methyl sites for hydroxylation is 1. The first-order valence-corrected chi connectivity index (χ1v) is 8.19. The number of para-hydroxylation sites is 1. The first-order valence-electron chi connectivity index (χ1n) is 8.19. The molecule has 0 radical (unpaired) electrons. The van der Waals surface area contributed by atoms with Crippen LogP contribution in [0.4, 0.5) is 0 Å². The number of carbonyl (C=O) groups is 1. The van der Waals surface area contributed by atoms with E-state index in [1.54, 1.807) is 6.07 Å². The predicted molar refractivity (Wildman–Crippen MR) is 109 cm³/mol. The highest BCUT2D eigenvalue weighted by Crippen LogP contribution is 2.25. The van der Waals surface area contributed by atoms with Crippen LogP contribution in [-0.2, 0) is 4.74 Å². The minimum Gasteiger partial charge on any atom is -0.496 e. The Bertz CT molecular complexity index is 949. The normalized spacial score (nSPS) is 10.5. The molecule has 0 spiro atoms. The number of nitrogens with zero attached hydrogens (tertiary/aromatic N) is 2. The Kier molecular flexibility index (Phi) is 6.79.